The Bertz CT molecular complexity index is 1460. The second-order valence-corrected chi connectivity index (χ2v) is 8.52. The molecule has 1 aliphatic heterocycles. The van der Waals surface area contributed by atoms with Gasteiger partial charge in [0.15, 0.2) is 16.9 Å². The summed E-state index contributed by atoms with van der Waals surface area (Å²) in [6.45, 7) is 8.18. The topological polar surface area (TPSA) is 94.8 Å². The van der Waals surface area contributed by atoms with E-state index in [-0.39, 0.29) is 16.8 Å². The second-order valence-electron chi connectivity index (χ2n) is 7.71. The van der Waals surface area contributed by atoms with Gasteiger partial charge in [-0.2, -0.15) is 0 Å². The molecule has 0 radical (unpaired) electrons. The molecule has 1 unspecified atom stereocenters. The lowest BCUT2D eigenvalue weighted by molar-refractivity contribution is 0.0970. The van der Waals surface area contributed by atoms with E-state index in [1.807, 2.05) is 26.0 Å². The van der Waals surface area contributed by atoms with Crippen LogP contribution in [0, 0.1) is 6.92 Å². The lowest BCUT2D eigenvalue weighted by Crippen LogP contribution is -2.29. The number of aromatic nitrogens is 2. The normalized spacial score (nSPS) is 14.9. The number of anilines is 1. The molecule has 0 aliphatic carbocycles. The van der Waals surface area contributed by atoms with E-state index >= 15 is 0 Å². The van der Waals surface area contributed by atoms with Crippen molar-refractivity contribution in [2.45, 2.75) is 19.9 Å². The molecule has 9 heteroatoms. The van der Waals surface area contributed by atoms with Crippen molar-refractivity contribution < 1.29 is 18.7 Å². The van der Waals surface area contributed by atoms with Gasteiger partial charge < -0.3 is 13.9 Å². The number of benzene rings is 2. The predicted molar refractivity (Wildman–Crippen MR) is 129 cm³/mol. The van der Waals surface area contributed by atoms with Crippen molar-refractivity contribution >= 4 is 33.3 Å². The van der Waals surface area contributed by atoms with Crippen molar-refractivity contribution in [2.24, 2.45) is 0 Å². The molecule has 4 aromatic rings. The summed E-state index contributed by atoms with van der Waals surface area (Å²) in [5, 5.41) is 8.78. The number of carbonyl (C=O) groups excluding carboxylic acids is 1. The number of nitrogens with zero attached hydrogens (tertiary/aromatic N) is 3. The van der Waals surface area contributed by atoms with Crippen LogP contribution >= 0.6 is 11.3 Å². The third-order valence-corrected chi connectivity index (χ3v) is 6.21. The zero-order valence-corrected chi connectivity index (χ0v) is 19.4. The molecule has 0 spiro atoms. The van der Waals surface area contributed by atoms with Crippen molar-refractivity contribution in [1.82, 2.24) is 10.2 Å². The van der Waals surface area contributed by atoms with Gasteiger partial charge in [-0.05, 0) is 43.7 Å². The minimum atomic E-state index is -0.760. The molecule has 1 aliphatic rings. The first-order valence-corrected chi connectivity index (χ1v) is 11.6. The van der Waals surface area contributed by atoms with Gasteiger partial charge in [-0.15, -0.1) is 10.2 Å². The van der Waals surface area contributed by atoms with Gasteiger partial charge in [0.05, 0.1) is 23.6 Å². The van der Waals surface area contributed by atoms with Crippen LogP contribution in [-0.2, 0) is 0 Å². The van der Waals surface area contributed by atoms with E-state index in [1.54, 1.807) is 30.3 Å². The van der Waals surface area contributed by atoms with E-state index in [4.69, 9.17) is 13.9 Å². The summed E-state index contributed by atoms with van der Waals surface area (Å²) in [5.41, 5.74) is 3.50. The van der Waals surface area contributed by atoms with Gasteiger partial charge in [-0.25, -0.2) is 0 Å². The molecule has 5 rings (SSSR count). The Morgan fingerprint density at radius 3 is 2.76 bits per heavy atom. The average Bonchev–Trinajstić information content (AvgIpc) is 3.46. The van der Waals surface area contributed by atoms with E-state index in [9.17, 15) is 9.59 Å². The maximum atomic E-state index is 13.7. The highest BCUT2D eigenvalue weighted by molar-refractivity contribution is 7.13. The second kappa shape index (κ2) is 8.75. The number of carbonyl (C=O) groups is 1. The fraction of sp³-hybridized carbons (Fsp3) is 0.200. The van der Waals surface area contributed by atoms with Crippen LogP contribution in [-0.4, -0.2) is 29.3 Å². The van der Waals surface area contributed by atoms with Gasteiger partial charge in [0.25, 0.3) is 5.91 Å². The summed E-state index contributed by atoms with van der Waals surface area (Å²) in [6, 6.07) is 9.91. The van der Waals surface area contributed by atoms with Gasteiger partial charge in [-0.1, -0.05) is 41.7 Å². The molecule has 0 saturated carbocycles. The third kappa shape index (κ3) is 3.54. The van der Waals surface area contributed by atoms with Gasteiger partial charge >= 0.3 is 0 Å². The standard InChI is InChI=1S/C25H21N3O5S/c1-4-10-32-18-9-7-15(12-19(18)31-5-2)21-20-22(29)16-11-14(3)6-8-17(16)33-23(20)24(30)28(21)25-27-26-13-34-25/h4,6-9,11-13,21H,1,5,10H2,2-3H3. The molecule has 0 saturated heterocycles. The molecule has 172 valence electrons. The Balaban J connectivity index is 1.75. The third-order valence-electron chi connectivity index (χ3n) is 5.52. The number of rotatable bonds is 7. The Labute approximate surface area is 199 Å². The van der Waals surface area contributed by atoms with Crippen molar-refractivity contribution in [2.75, 3.05) is 18.1 Å². The summed E-state index contributed by atoms with van der Waals surface area (Å²) < 4.78 is 17.5. The summed E-state index contributed by atoms with van der Waals surface area (Å²) in [6.07, 6.45) is 1.64. The van der Waals surface area contributed by atoms with Crippen LogP contribution in [0.4, 0.5) is 5.13 Å². The minimum Gasteiger partial charge on any atom is -0.490 e. The van der Waals surface area contributed by atoms with Crippen LogP contribution in [0.1, 0.15) is 40.2 Å². The first-order chi connectivity index (χ1) is 16.5. The first-order valence-electron chi connectivity index (χ1n) is 10.7. The highest BCUT2D eigenvalue weighted by atomic mass is 32.1. The monoisotopic (exact) mass is 475 g/mol. The zero-order valence-electron chi connectivity index (χ0n) is 18.6. The van der Waals surface area contributed by atoms with E-state index < -0.39 is 11.9 Å². The molecule has 0 fully saturated rings. The first kappa shape index (κ1) is 21.8. The van der Waals surface area contributed by atoms with E-state index in [1.165, 1.54) is 21.7 Å². The number of hydrogen-bond donors (Lipinski definition) is 0. The quantitative estimate of drug-likeness (QED) is 0.359. The molecule has 0 N–H and O–H groups in total. The number of amides is 1. The molecule has 34 heavy (non-hydrogen) atoms. The van der Waals surface area contributed by atoms with Crippen molar-refractivity contribution in [3.63, 3.8) is 0 Å². The summed E-state index contributed by atoms with van der Waals surface area (Å²) >= 11 is 1.21. The number of ether oxygens (including phenoxy) is 2. The van der Waals surface area contributed by atoms with Crippen LogP contribution in [0.2, 0.25) is 0 Å². The fourth-order valence-electron chi connectivity index (χ4n) is 4.10. The predicted octanol–water partition coefficient (Wildman–Crippen LogP) is 4.67. The zero-order chi connectivity index (χ0) is 23.8. The number of fused-ring (bicyclic) bond motifs is 2. The number of aryl methyl sites for hydroxylation is 1. The van der Waals surface area contributed by atoms with Crippen LogP contribution in [0.25, 0.3) is 11.0 Å². The van der Waals surface area contributed by atoms with Crippen LogP contribution in [0.5, 0.6) is 11.5 Å². The SMILES string of the molecule is C=CCOc1ccc(C2c3c(oc4ccc(C)cc4c3=O)C(=O)N2c2nncs2)cc1OCC. The van der Waals surface area contributed by atoms with E-state index in [2.05, 4.69) is 16.8 Å². The van der Waals surface area contributed by atoms with Crippen LogP contribution < -0.4 is 19.8 Å². The smallest absolute Gasteiger partial charge is 0.297 e. The molecule has 2 aromatic carbocycles. The summed E-state index contributed by atoms with van der Waals surface area (Å²) in [5.74, 6) is 0.604. The molecule has 1 atom stereocenters. The van der Waals surface area contributed by atoms with Crippen LogP contribution in [0.3, 0.4) is 0 Å². The summed E-state index contributed by atoms with van der Waals surface area (Å²) in [7, 11) is 0. The maximum absolute atomic E-state index is 13.7. The van der Waals surface area contributed by atoms with Crippen molar-refractivity contribution in [3.8, 4) is 11.5 Å². The molecular weight excluding hydrogens is 454 g/mol. The van der Waals surface area contributed by atoms with Gasteiger partial charge in [-0.3, -0.25) is 14.5 Å². The van der Waals surface area contributed by atoms with E-state index in [0.717, 1.165) is 5.56 Å². The largest absolute Gasteiger partial charge is 0.490 e. The Kier molecular flexibility index (Phi) is 5.62. The number of hydrogen-bond acceptors (Lipinski definition) is 8. The molecule has 0 bridgehead atoms. The fourth-order valence-corrected chi connectivity index (χ4v) is 4.69. The molecule has 3 heterocycles. The average molecular weight is 476 g/mol. The van der Waals surface area contributed by atoms with Crippen molar-refractivity contribution in [1.29, 1.82) is 0 Å². The maximum Gasteiger partial charge on any atom is 0.297 e. The molecule has 1 amide bonds. The van der Waals surface area contributed by atoms with Gasteiger partial charge in [0, 0.05) is 0 Å². The van der Waals surface area contributed by atoms with Gasteiger partial charge in [0.1, 0.15) is 17.7 Å². The lowest BCUT2D eigenvalue weighted by atomic mass is 9.98. The molecular formula is C25H21N3O5S. The highest BCUT2D eigenvalue weighted by Gasteiger charge is 2.45. The Morgan fingerprint density at radius 1 is 1.18 bits per heavy atom. The summed E-state index contributed by atoms with van der Waals surface area (Å²) in [4.78, 5) is 28.7. The Morgan fingerprint density at radius 2 is 2.03 bits per heavy atom. The molecule has 2 aromatic heterocycles. The highest BCUT2D eigenvalue weighted by Crippen LogP contribution is 2.43. The van der Waals surface area contributed by atoms with Crippen LogP contribution in [0.15, 0.2) is 63.8 Å². The minimum absolute atomic E-state index is 0.00602. The van der Waals surface area contributed by atoms with Crippen molar-refractivity contribution in [3.05, 3.63) is 87.2 Å². The Hall–Kier alpha value is -3.98. The molecule has 8 nitrogen and oxygen atoms in total. The van der Waals surface area contributed by atoms with Gasteiger partial charge in [0.2, 0.25) is 10.9 Å². The lowest BCUT2D eigenvalue weighted by Gasteiger charge is -2.23. The van der Waals surface area contributed by atoms with E-state index in [0.29, 0.717) is 46.4 Å².